The Labute approximate surface area is 174 Å². The van der Waals surface area contributed by atoms with Gasteiger partial charge < -0.3 is 5.32 Å². The van der Waals surface area contributed by atoms with Crippen LogP contribution in [0.3, 0.4) is 0 Å². The van der Waals surface area contributed by atoms with E-state index in [0.717, 1.165) is 6.07 Å². The van der Waals surface area contributed by atoms with Crippen LogP contribution >= 0.6 is 34.5 Å². The summed E-state index contributed by atoms with van der Waals surface area (Å²) in [6.07, 6.45) is 0. The van der Waals surface area contributed by atoms with E-state index in [4.69, 9.17) is 23.2 Å². The van der Waals surface area contributed by atoms with Crippen LogP contribution in [0.25, 0.3) is 0 Å². The van der Waals surface area contributed by atoms with Crippen molar-refractivity contribution in [3.8, 4) is 0 Å². The first-order chi connectivity index (χ1) is 13.2. The number of rotatable bonds is 6. The van der Waals surface area contributed by atoms with Crippen molar-refractivity contribution in [1.29, 1.82) is 0 Å². The molecule has 3 rings (SSSR count). The summed E-state index contributed by atoms with van der Waals surface area (Å²) in [5.41, 5.74) is 1.80. The van der Waals surface area contributed by atoms with Crippen molar-refractivity contribution in [2.75, 3.05) is 10.0 Å². The van der Waals surface area contributed by atoms with Gasteiger partial charge >= 0.3 is 0 Å². The van der Waals surface area contributed by atoms with E-state index >= 15 is 0 Å². The number of anilines is 2. The Morgan fingerprint density at radius 3 is 2.61 bits per heavy atom. The molecule has 0 saturated heterocycles. The third kappa shape index (κ3) is 4.38. The smallest absolute Gasteiger partial charge is 0.266 e. The van der Waals surface area contributed by atoms with E-state index in [-0.39, 0.29) is 17.1 Å². The highest BCUT2D eigenvalue weighted by molar-refractivity contribution is 7.92. The van der Waals surface area contributed by atoms with Crippen LogP contribution in [0.1, 0.15) is 18.5 Å². The number of sulfonamides is 1. The highest BCUT2D eigenvalue weighted by Crippen LogP contribution is 2.33. The Morgan fingerprint density at radius 2 is 1.93 bits per heavy atom. The van der Waals surface area contributed by atoms with Crippen molar-refractivity contribution in [3.63, 3.8) is 0 Å². The van der Waals surface area contributed by atoms with Crippen molar-refractivity contribution in [1.82, 2.24) is 4.98 Å². The Balaban J connectivity index is 1.89. The minimum Gasteiger partial charge on any atom is -0.377 e. The lowest BCUT2D eigenvalue weighted by Crippen LogP contribution is -2.16. The van der Waals surface area contributed by atoms with Gasteiger partial charge in [0.1, 0.15) is 15.7 Å². The molecule has 1 unspecified atom stereocenters. The number of benzene rings is 2. The molecule has 0 aliphatic rings. The third-order valence-electron chi connectivity index (χ3n) is 3.80. The zero-order valence-electron chi connectivity index (χ0n) is 14.2. The van der Waals surface area contributed by atoms with Gasteiger partial charge in [-0.05, 0) is 37.3 Å². The molecule has 0 spiro atoms. The van der Waals surface area contributed by atoms with Gasteiger partial charge in [0.05, 0.1) is 17.2 Å². The van der Waals surface area contributed by atoms with E-state index in [2.05, 4.69) is 15.0 Å². The molecule has 2 aromatic carbocycles. The second-order valence-corrected chi connectivity index (χ2v) is 8.93. The Morgan fingerprint density at radius 1 is 1.18 bits per heavy atom. The molecular weight excluding hydrogens is 451 g/mol. The van der Waals surface area contributed by atoms with Crippen LogP contribution in [0.4, 0.5) is 20.3 Å². The summed E-state index contributed by atoms with van der Waals surface area (Å²) < 4.78 is 55.6. The Bertz CT molecular complexity index is 1110. The van der Waals surface area contributed by atoms with Crippen molar-refractivity contribution in [2.24, 2.45) is 0 Å². The van der Waals surface area contributed by atoms with Crippen molar-refractivity contribution >= 4 is 56.1 Å². The summed E-state index contributed by atoms with van der Waals surface area (Å²) in [4.78, 5) is 3.17. The number of hydrogen-bond donors (Lipinski definition) is 2. The molecule has 0 aliphatic heterocycles. The monoisotopic (exact) mass is 463 g/mol. The summed E-state index contributed by atoms with van der Waals surface area (Å²) in [6.45, 7) is 1.64. The normalized spacial score (nSPS) is 12.6. The van der Waals surface area contributed by atoms with Gasteiger partial charge in [-0.1, -0.05) is 23.2 Å². The zero-order chi connectivity index (χ0) is 20.5. The lowest BCUT2D eigenvalue weighted by molar-refractivity contribution is 0.570. The third-order valence-corrected chi connectivity index (χ3v) is 6.37. The Hall–Kier alpha value is -1.94. The molecule has 0 fully saturated rings. The van der Waals surface area contributed by atoms with Gasteiger partial charge in [-0.2, -0.15) is 0 Å². The van der Waals surface area contributed by atoms with Crippen LogP contribution in [-0.4, -0.2) is 13.4 Å². The molecule has 5 nitrogen and oxygen atoms in total. The molecule has 0 aliphatic carbocycles. The first kappa shape index (κ1) is 20.8. The molecule has 3 aromatic rings. The lowest BCUT2D eigenvalue weighted by Gasteiger charge is -2.18. The number of thiazole rings is 1. The number of nitrogens with one attached hydrogen (secondary N) is 2. The van der Waals surface area contributed by atoms with Gasteiger partial charge in [-0.15, -0.1) is 11.3 Å². The minimum atomic E-state index is -4.22. The first-order valence-electron chi connectivity index (χ1n) is 7.79. The van der Waals surface area contributed by atoms with E-state index in [1.54, 1.807) is 6.92 Å². The summed E-state index contributed by atoms with van der Waals surface area (Å²) in [6, 6.07) is 5.84. The van der Waals surface area contributed by atoms with Crippen LogP contribution < -0.4 is 10.0 Å². The SMILES string of the molecule is CC(Nc1ccc(S(=O)(=O)Nc2cscn2)c(F)c1Cl)c1cc(Cl)ccc1F. The fourth-order valence-electron chi connectivity index (χ4n) is 2.46. The van der Waals surface area contributed by atoms with Crippen LogP contribution in [0.5, 0.6) is 0 Å². The number of nitrogens with zero attached hydrogens (tertiary/aromatic N) is 1. The van der Waals surface area contributed by atoms with E-state index in [1.165, 1.54) is 46.5 Å². The number of halogens is 4. The molecule has 0 radical (unpaired) electrons. The van der Waals surface area contributed by atoms with E-state index < -0.39 is 37.6 Å². The quantitative estimate of drug-likeness (QED) is 0.491. The van der Waals surface area contributed by atoms with Crippen molar-refractivity contribution in [2.45, 2.75) is 17.9 Å². The molecule has 28 heavy (non-hydrogen) atoms. The molecule has 0 bridgehead atoms. The molecule has 11 heteroatoms. The molecular formula is C17H13Cl2F2N3O2S2. The maximum atomic E-state index is 14.7. The second-order valence-electron chi connectivity index (χ2n) is 5.75. The summed E-state index contributed by atoms with van der Waals surface area (Å²) in [5, 5.41) is 4.24. The van der Waals surface area contributed by atoms with Crippen LogP contribution in [-0.2, 0) is 10.0 Å². The average molecular weight is 464 g/mol. The summed E-state index contributed by atoms with van der Waals surface area (Å²) in [5.74, 6) is -1.55. The topological polar surface area (TPSA) is 71.1 Å². The number of hydrogen-bond acceptors (Lipinski definition) is 5. The Kier molecular flexibility index (Phi) is 6.09. The van der Waals surface area contributed by atoms with Gasteiger partial charge in [0, 0.05) is 16.0 Å². The summed E-state index contributed by atoms with van der Waals surface area (Å²) in [7, 11) is -4.22. The molecule has 1 aromatic heterocycles. The first-order valence-corrected chi connectivity index (χ1v) is 11.0. The fourth-order valence-corrected chi connectivity index (χ4v) is 4.56. The van der Waals surface area contributed by atoms with Crippen LogP contribution in [0.15, 0.2) is 46.1 Å². The number of aromatic nitrogens is 1. The van der Waals surface area contributed by atoms with Gasteiger partial charge in [0.25, 0.3) is 10.0 Å². The molecule has 148 valence electrons. The highest BCUT2D eigenvalue weighted by Gasteiger charge is 2.24. The zero-order valence-corrected chi connectivity index (χ0v) is 17.4. The largest absolute Gasteiger partial charge is 0.377 e. The predicted molar refractivity (Wildman–Crippen MR) is 108 cm³/mol. The summed E-state index contributed by atoms with van der Waals surface area (Å²) >= 11 is 13.1. The van der Waals surface area contributed by atoms with Gasteiger partial charge in [-0.25, -0.2) is 22.2 Å². The van der Waals surface area contributed by atoms with Gasteiger partial charge in [-0.3, -0.25) is 4.72 Å². The maximum Gasteiger partial charge on any atom is 0.266 e. The second kappa shape index (κ2) is 8.20. The van der Waals surface area contributed by atoms with Crippen molar-refractivity contribution in [3.05, 3.63) is 68.5 Å². The molecule has 2 N–H and O–H groups in total. The molecule has 1 heterocycles. The fraction of sp³-hybridized carbons (Fsp3) is 0.118. The molecule has 0 saturated carbocycles. The van der Waals surface area contributed by atoms with Crippen molar-refractivity contribution < 1.29 is 17.2 Å². The minimum absolute atomic E-state index is 0.0766. The highest BCUT2D eigenvalue weighted by atomic mass is 35.5. The standard InChI is InChI=1S/C17H13Cl2F2N3O2S2/c1-9(11-6-10(18)2-3-12(11)20)23-13-4-5-14(17(21)16(13)19)28(25,26)24-15-7-27-8-22-15/h2-9,23-24H,1H3. The van der Waals surface area contributed by atoms with E-state index in [0.29, 0.717) is 5.02 Å². The van der Waals surface area contributed by atoms with Gasteiger partial charge in [0.15, 0.2) is 11.6 Å². The molecule has 1 atom stereocenters. The van der Waals surface area contributed by atoms with E-state index in [1.807, 2.05) is 0 Å². The predicted octanol–water partition coefficient (Wildman–Crippen LogP) is 5.70. The van der Waals surface area contributed by atoms with Crippen LogP contribution in [0, 0.1) is 11.6 Å². The molecule has 0 amide bonds. The lowest BCUT2D eigenvalue weighted by atomic mass is 10.1. The van der Waals surface area contributed by atoms with Gasteiger partial charge in [0.2, 0.25) is 0 Å². The average Bonchev–Trinajstić information content (AvgIpc) is 3.13. The maximum absolute atomic E-state index is 14.7. The van der Waals surface area contributed by atoms with E-state index in [9.17, 15) is 17.2 Å². The van der Waals surface area contributed by atoms with Crippen LogP contribution in [0.2, 0.25) is 10.0 Å².